The highest BCUT2D eigenvalue weighted by Crippen LogP contribution is 2.29. The van der Waals surface area contributed by atoms with Gasteiger partial charge in [-0.25, -0.2) is 4.98 Å². The summed E-state index contributed by atoms with van der Waals surface area (Å²) < 4.78 is 1.89. The van der Waals surface area contributed by atoms with Crippen LogP contribution in [0.5, 0.6) is 0 Å². The minimum atomic E-state index is 0.0770. The van der Waals surface area contributed by atoms with Crippen molar-refractivity contribution in [3.8, 4) is 0 Å². The zero-order chi connectivity index (χ0) is 24.2. The van der Waals surface area contributed by atoms with E-state index in [1.165, 1.54) is 31.2 Å². The van der Waals surface area contributed by atoms with Gasteiger partial charge in [0.05, 0.1) is 19.0 Å². The predicted molar refractivity (Wildman–Crippen MR) is 143 cm³/mol. The number of anilines is 2. The van der Waals surface area contributed by atoms with Crippen molar-refractivity contribution in [1.82, 2.24) is 14.5 Å². The van der Waals surface area contributed by atoms with E-state index < -0.39 is 0 Å². The monoisotopic (exact) mass is 468 g/mol. The minimum absolute atomic E-state index is 0.0770. The molecule has 35 heavy (non-hydrogen) atoms. The molecular formula is C30H36N4O. The lowest BCUT2D eigenvalue weighted by Gasteiger charge is -2.38. The van der Waals surface area contributed by atoms with Gasteiger partial charge >= 0.3 is 0 Å². The van der Waals surface area contributed by atoms with E-state index in [9.17, 15) is 4.79 Å². The summed E-state index contributed by atoms with van der Waals surface area (Å²) in [6.07, 6.45) is 10.2. The molecule has 0 fully saturated rings. The maximum atomic E-state index is 13.8. The lowest BCUT2D eigenvalue weighted by molar-refractivity contribution is 0.199. The lowest BCUT2D eigenvalue weighted by Crippen LogP contribution is -2.48. The zero-order valence-corrected chi connectivity index (χ0v) is 21.0. The van der Waals surface area contributed by atoms with Crippen LogP contribution >= 0.6 is 0 Å². The number of hydrogen-bond donors (Lipinski definition) is 0. The molecule has 2 aromatic carbocycles. The average Bonchev–Trinajstić information content (AvgIpc) is 2.91. The van der Waals surface area contributed by atoms with Crippen LogP contribution in [0, 0.1) is 6.92 Å². The van der Waals surface area contributed by atoms with Gasteiger partial charge in [-0.1, -0.05) is 61.0 Å². The fraction of sp³-hybridized carbons (Fsp3) is 0.400. The molecule has 2 heterocycles. The SMILES string of the molecule is CCc1ccc(N2CN(CCC3=CCCCC3)Cn3c2nc(C)c(Cc2ccccc2)c3=O)cc1. The van der Waals surface area contributed by atoms with Crippen LogP contribution < -0.4 is 10.5 Å². The van der Waals surface area contributed by atoms with Crippen LogP contribution in [0.4, 0.5) is 11.6 Å². The summed E-state index contributed by atoms with van der Waals surface area (Å²) in [5.74, 6) is 0.752. The Balaban J connectivity index is 1.50. The molecule has 5 nitrogen and oxygen atoms in total. The van der Waals surface area contributed by atoms with E-state index in [1.54, 1.807) is 5.57 Å². The minimum Gasteiger partial charge on any atom is -0.298 e. The second-order valence-corrected chi connectivity index (χ2v) is 9.85. The predicted octanol–water partition coefficient (Wildman–Crippen LogP) is 5.96. The maximum Gasteiger partial charge on any atom is 0.259 e. The summed E-state index contributed by atoms with van der Waals surface area (Å²) >= 11 is 0. The van der Waals surface area contributed by atoms with Crippen molar-refractivity contribution >= 4 is 11.6 Å². The molecule has 5 heteroatoms. The van der Waals surface area contributed by atoms with E-state index in [1.807, 2.05) is 29.7 Å². The van der Waals surface area contributed by atoms with Crippen LogP contribution in [0.25, 0.3) is 0 Å². The number of benzene rings is 2. The quantitative estimate of drug-likeness (QED) is 0.401. The molecule has 3 aromatic rings. The number of allylic oxidation sites excluding steroid dienone is 1. The molecule has 182 valence electrons. The largest absolute Gasteiger partial charge is 0.298 e. The van der Waals surface area contributed by atoms with Gasteiger partial charge in [0.25, 0.3) is 5.56 Å². The summed E-state index contributed by atoms with van der Waals surface area (Å²) in [7, 11) is 0. The van der Waals surface area contributed by atoms with E-state index in [2.05, 4.69) is 59.2 Å². The summed E-state index contributed by atoms with van der Waals surface area (Å²) in [6, 6.07) is 18.9. The van der Waals surface area contributed by atoms with Gasteiger partial charge in [0.2, 0.25) is 5.95 Å². The highest BCUT2D eigenvalue weighted by atomic mass is 16.1. The van der Waals surface area contributed by atoms with Crippen molar-refractivity contribution in [2.45, 2.75) is 65.5 Å². The third kappa shape index (κ3) is 5.25. The zero-order valence-electron chi connectivity index (χ0n) is 21.0. The summed E-state index contributed by atoms with van der Waals surface area (Å²) in [4.78, 5) is 23.4. The van der Waals surface area contributed by atoms with Crippen molar-refractivity contribution in [1.29, 1.82) is 0 Å². The fourth-order valence-corrected chi connectivity index (χ4v) is 5.21. The maximum absolute atomic E-state index is 13.8. The highest BCUT2D eigenvalue weighted by Gasteiger charge is 2.28. The highest BCUT2D eigenvalue weighted by molar-refractivity contribution is 5.59. The molecule has 0 saturated heterocycles. The Labute approximate surface area is 208 Å². The Morgan fingerprint density at radius 1 is 0.943 bits per heavy atom. The van der Waals surface area contributed by atoms with Crippen molar-refractivity contribution in [3.05, 3.63) is 99.0 Å². The lowest BCUT2D eigenvalue weighted by atomic mass is 9.97. The Kier molecular flexibility index (Phi) is 7.14. The number of nitrogens with zero attached hydrogens (tertiary/aromatic N) is 4. The van der Waals surface area contributed by atoms with Crippen LogP contribution in [0.15, 0.2) is 71.0 Å². The van der Waals surface area contributed by atoms with Crippen LogP contribution in [-0.4, -0.2) is 27.7 Å². The van der Waals surface area contributed by atoms with Crippen LogP contribution in [0.2, 0.25) is 0 Å². The summed E-state index contributed by atoms with van der Waals surface area (Å²) in [5.41, 5.74) is 6.79. The van der Waals surface area contributed by atoms with Gasteiger partial charge in [-0.2, -0.15) is 0 Å². The van der Waals surface area contributed by atoms with Crippen LogP contribution in [-0.2, 0) is 19.5 Å². The summed E-state index contributed by atoms with van der Waals surface area (Å²) in [5, 5.41) is 0. The molecule has 0 spiro atoms. The van der Waals surface area contributed by atoms with Crippen LogP contribution in [0.1, 0.15) is 61.4 Å². The first-order valence-electron chi connectivity index (χ1n) is 13.0. The van der Waals surface area contributed by atoms with Gasteiger partial charge in [-0.3, -0.25) is 19.2 Å². The molecule has 2 aliphatic rings. The molecule has 0 N–H and O–H groups in total. The topological polar surface area (TPSA) is 41.4 Å². The Hall–Kier alpha value is -3.18. The van der Waals surface area contributed by atoms with Crippen molar-refractivity contribution in [2.24, 2.45) is 0 Å². The first-order chi connectivity index (χ1) is 17.1. The average molecular weight is 469 g/mol. The molecule has 1 aliphatic carbocycles. The molecule has 0 amide bonds. The Morgan fingerprint density at radius 3 is 2.46 bits per heavy atom. The molecule has 0 radical (unpaired) electrons. The van der Waals surface area contributed by atoms with E-state index >= 15 is 0 Å². The van der Waals surface area contributed by atoms with Gasteiger partial charge in [0.1, 0.15) is 0 Å². The van der Waals surface area contributed by atoms with E-state index in [4.69, 9.17) is 4.98 Å². The molecular weight excluding hydrogens is 432 g/mol. The molecule has 5 rings (SSSR count). The second kappa shape index (κ2) is 10.6. The molecule has 0 unspecified atom stereocenters. The van der Waals surface area contributed by atoms with E-state index in [-0.39, 0.29) is 5.56 Å². The van der Waals surface area contributed by atoms with Crippen molar-refractivity contribution in [3.63, 3.8) is 0 Å². The van der Waals surface area contributed by atoms with Crippen molar-refractivity contribution < 1.29 is 0 Å². The second-order valence-electron chi connectivity index (χ2n) is 9.85. The fourth-order valence-electron chi connectivity index (χ4n) is 5.21. The molecule has 0 saturated carbocycles. The molecule has 0 bridgehead atoms. The number of aryl methyl sites for hydroxylation is 2. The molecule has 0 atom stereocenters. The number of rotatable bonds is 7. The molecule has 1 aliphatic heterocycles. The van der Waals surface area contributed by atoms with Gasteiger partial charge in [-0.05, 0) is 68.7 Å². The van der Waals surface area contributed by atoms with E-state index in [0.29, 0.717) is 13.1 Å². The standard InChI is InChI=1S/C30H36N4O/c1-3-24-14-16-27(17-15-24)33-21-32(19-18-25-10-6-4-7-11-25)22-34-29(35)28(23(2)31-30(33)34)20-26-12-8-5-9-13-26/h5,8-10,12-17H,3-4,6-7,11,18-22H2,1-2H3. The van der Waals surface area contributed by atoms with Gasteiger partial charge < -0.3 is 0 Å². The smallest absolute Gasteiger partial charge is 0.259 e. The number of aromatic nitrogens is 2. The van der Waals surface area contributed by atoms with Gasteiger partial charge in [0.15, 0.2) is 0 Å². The third-order valence-electron chi connectivity index (χ3n) is 7.39. The van der Waals surface area contributed by atoms with Gasteiger partial charge in [0, 0.05) is 24.2 Å². The Bertz CT molecular complexity index is 1240. The number of hydrogen-bond acceptors (Lipinski definition) is 4. The van der Waals surface area contributed by atoms with Crippen LogP contribution in [0.3, 0.4) is 0 Å². The van der Waals surface area contributed by atoms with Crippen molar-refractivity contribution in [2.75, 3.05) is 18.1 Å². The Morgan fingerprint density at radius 2 is 1.74 bits per heavy atom. The van der Waals surface area contributed by atoms with Gasteiger partial charge in [-0.15, -0.1) is 0 Å². The summed E-state index contributed by atoms with van der Waals surface area (Å²) in [6.45, 7) is 6.41. The first kappa shape index (κ1) is 23.6. The van der Waals surface area contributed by atoms with E-state index in [0.717, 1.165) is 54.5 Å². The first-order valence-corrected chi connectivity index (χ1v) is 13.0. The number of fused-ring (bicyclic) bond motifs is 1. The molecule has 1 aromatic heterocycles. The normalized spacial score (nSPS) is 16.2. The third-order valence-corrected chi connectivity index (χ3v) is 7.39.